The van der Waals surface area contributed by atoms with E-state index in [9.17, 15) is 29.7 Å². The van der Waals surface area contributed by atoms with Gasteiger partial charge in [0.05, 0.1) is 6.61 Å². The van der Waals surface area contributed by atoms with E-state index < -0.39 is 48.7 Å². The van der Waals surface area contributed by atoms with Crippen LogP contribution in [0.25, 0.3) is 0 Å². The first-order valence-electron chi connectivity index (χ1n) is 12.2. The Morgan fingerprint density at radius 1 is 0.800 bits per heavy atom. The Morgan fingerprint density at radius 3 is 1.94 bits per heavy atom. The van der Waals surface area contributed by atoms with E-state index in [-0.39, 0.29) is 62.7 Å². The molecule has 1 rings (SSSR count). The summed E-state index contributed by atoms with van der Waals surface area (Å²) in [6.45, 7) is 10.6. The molecule has 1 fully saturated rings. The highest BCUT2D eigenvalue weighted by Gasteiger charge is 2.44. The molecule has 11 nitrogen and oxygen atoms in total. The van der Waals surface area contributed by atoms with E-state index in [1.54, 1.807) is 0 Å². The van der Waals surface area contributed by atoms with Crippen molar-refractivity contribution in [3.05, 3.63) is 0 Å². The summed E-state index contributed by atoms with van der Waals surface area (Å²) in [5.74, 6) is -0.902. The molecule has 0 aromatic rings. The van der Waals surface area contributed by atoms with Crippen LogP contribution in [0, 0.1) is 17.8 Å². The first kappa shape index (κ1) is 31.2. The zero-order valence-corrected chi connectivity index (χ0v) is 21.6. The lowest BCUT2D eigenvalue weighted by atomic mass is 9.98. The number of carbonyl (C=O) groups excluding carboxylic acids is 3. The Morgan fingerprint density at radius 2 is 1.37 bits per heavy atom. The molecule has 1 amide bonds. The summed E-state index contributed by atoms with van der Waals surface area (Å²) in [7, 11) is 0. The Bertz CT molecular complexity index is 669. The molecule has 0 unspecified atom stereocenters. The van der Waals surface area contributed by atoms with Gasteiger partial charge in [0.15, 0.2) is 12.4 Å². The maximum atomic E-state index is 12.2. The number of hydrogen-bond acceptors (Lipinski definition) is 10. The molecular formula is C24H43NO10. The fraction of sp³-hybridized carbons (Fsp3) is 0.875. The molecule has 0 bridgehead atoms. The molecule has 35 heavy (non-hydrogen) atoms. The number of hydrogen-bond donors (Lipinski definition) is 4. The Kier molecular flexibility index (Phi) is 13.7. The van der Waals surface area contributed by atoms with E-state index >= 15 is 0 Å². The molecule has 0 saturated carbocycles. The van der Waals surface area contributed by atoms with Gasteiger partial charge in [-0.25, -0.2) is 0 Å². The Balaban J connectivity index is 2.76. The zero-order valence-electron chi connectivity index (χ0n) is 21.6. The Labute approximate surface area is 207 Å². The van der Waals surface area contributed by atoms with Crippen LogP contribution < -0.4 is 5.32 Å². The molecule has 1 aliphatic rings. The van der Waals surface area contributed by atoms with Gasteiger partial charge in [-0.3, -0.25) is 14.4 Å². The fourth-order valence-corrected chi connectivity index (χ4v) is 3.34. The van der Waals surface area contributed by atoms with Crippen molar-refractivity contribution in [3.63, 3.8) is 0 Å². The molecule has 0 aromatic carbocycles. The second-order valence-corrected chi connectivity index (χ2v) is 10.2. The lowest BCUT2D eigenvalue weighted by molar-refractivity contribution is -0.299. The average Bonchev–Trinajstić information content (AvgIpc) is 2.72. The molecule has 11 heteroatoms. The highest BCUT2D eigenvalue weighted by Crippen LogP contribution is 2.22. The van der Waals surface area contributed by atoms with Gasteiger partial charge in [-0.15, -0.1) is 0 Å². The molecule has 204 valence electrons. The van der Waals surface area contributed by atoms with Gasteiger partial charge in [0, 0.05) is 25.8 Å². The second-order valence-electron chi connectivity index (χ2n) is 10.2. The van der Waals surface area contributed by atoms with Gasteiger partial charge < -0.3 is 39.6 Å². The van der Waals surface area contributed by atoms with E-state index in [2.05, 4.69) is 5.32 Å². The van der Waals surface area contributed by atoms with Gasteiger partial charge in [-0.1, -0.05) is 41.5 Å². The molecule has 1 aliphatic heterocycles. The van der Waals surface area contributed by atoms with Crippen LogP contribution in [0.5, 0.6) is 0 Å². The zero-order chi connectivity index (χ0) is 26.7. The normalized spacial score (nSPS) is 25.5. The number of nitrogens with one attached hydrogen (secondary N) is 1. The fourth-order valence-electron chi connectivity index (χ4n) is 3.34. The van der Waals surface area contributed by atoms with Gasteiger partial charge in [-0.2, -0.15) is 0 Å². The van der Waals surface area contributed by atoms with Crippen LogP contribution in [0.15, 0.2) is 0 Å². The summed E-state index contributed by atoms with van der Waals surface area (Å²) < 4.78 is 21.8. The Hall–Kier alpha value is -1.79. The topological polar surface area (TPSA) is 161 Å². The molecule has 1 saturated heterocycles. The van der Waals surface area contributed by atoms with Crippen molar-refractivity contribution in [2.75, 3.05) is 19.8 Å². The SMILES string of the molecule is CC(C)CC(=O)NC[C@H]1O[C@H](OC[C@@H](COC(=O)CC(C)C)OC(=O)CC(C)C)[C@H](O)[C@@H](O)[C@H]1O. The van der Waals surface area contributed by atoms with Crippen LogP contribution in [0.4, 0.5) is 0 Å². The van der Waals surface area contributed by atoms with Crippen LogP contribution in [0.2, 0.25) is 0 Å². The molecule has 0 radical (unpaired) electrons. The van der Waals surface area contributed by atoms with Crippen molar-refractivity contribution in [3.8, 4) is 0 Å². The second kappa shape index (κ2) is 15.4. The van der Waals surface area contributed by atoms with Crippen molar-refractivity contribution < 1.29 is 48.7 Å². The maximum absolute atomic E-state index is 12.2. The van der Waals surface area contributed by atoms with Crippen LogP contribution in [-0.2, 0) is 33.3 Å². The van der Waals surface area contributed by atoms with Gasteiger partial charge in [0.25, 0.3) is 0 Å². The largest absolute Gasteiger partial charge is 0.462 e. The predicted molar refractivity (Wildman–Crippen MR) is 125 cm³/mol. The number of ether oxygens (including phenoxy) is 4. The average molecular weight is 506 g/mol. The summed E-state index contributed by atoms with van der Waals surface area (Å²) in [6, 6.07) is 0. The molecular weight excluding hydrogens is 462 g/mol. The summed E-state index contributed by atoms with van der Waals surface area (Å²) in [5, 5.41) is 33.4. The highest BCUT2D eigenvalue weighted by atomic mass is 16.7. The van der Waals surface area contributed by atoms with Crippen LogP contribution in [0.3, 0.4) is 0 Å². The van der Waals surface area contributed by atoms with Gasteiger partial charge in [-0.05, 0) is 17.8 Å². The number of esters is 2. The first-order valence-corrected chi connectivity index (χ1v) is 12.2. The molecule has 4 N–H and O–H groups in total. The number of aliphatic hydroxyl groups is 3. The summed E-state index contributed by atoms with van der Waals surface area (Å²) in [4.78, 5) is 36.0. The molecule has 0 aromatic heterocycles. The molecule has 6 atom stereocenters. The third kappa shape index (κ3) is 12.1. The number of amides is 1. The minimum absolute atomic E-state index is 0.0550. The minimum atomic E-state index is -1.59. The number of carbonyl (C=O) groups is 3. The monoisotopic (exact) mass is 505 g/mol. The maximum Gasteiger partial charge on any atom is 0.306 e. The third-order valence-corrected chi connectivity index (χ3v) is 5.09. The number of aliphatic hydroxyl groups excluding tert-OH is 3. The van der Waals surface area contributed by atoms with E-state index in [1.807, 2.05) is 41.5 Å². The van der Waals surface area contributed by atoms with Gasteiger partial charge >= 0.3 is 11.9 Å². The van der Waals surface area contributed by atoms with Crippen molar-refractivity contribution >= 4 is 17.8 Å². The molecule has 0 aliphatic carbocycles. The highest BCUT2D eigenvalue weighted by molar-refractivity contribution is 5.76. The number of rotatable bonds is 14. The van der Waals surface area contributed by atoms with Crippen molar-refractivity contribution in [2.45, 2.75) is 97.6 Å². The lowest BCUT2D eigenvalue weighted by Crippen LogP contribution is -2.61. The van der Waals surface area contributed by atoms with Gasteiger partial charge in [0.1, 0.15) is 31.0 Å². The van der Waals surface area contributed by atoms with Crippen LogP contribution >= 0.6 is 0 Å². The van der Waals surface area contributed by atoms with E-state index in [4.69, 9.17) is 18.9 Å². The van der Waals surface area contributed by atoms with Crippen molar-refractivity contribution in [1.82, 2.24) is 5.32 Å². The quantitative estimate of drug-likeness (QED) is 0.245. The van der Waals surface area contributed by atoms with Crippen molar-refractivity contribution in [1.29, 1.82) is 0 Å². The predicted octanol–water partition coefficient (Wildman–Crippen LogP) is 0.520. The summed E-state index contributed by atoms with van der Waals surface area (Å²) >= 11 is 0. The molecule has 0 spiro atoms. The van der Waals surface area contributed by atoms with Crippen LogP contribution in [-0.4, -0.2) is 89.7 Å². The third-order valence-electron chi connectivity index (χ3n) is 5.09. The van der Waals surface area contributed by atoms with Crippen molar-refractivity contribution in [2.24, 2.45) is 17.8 Å². The lowest BCUT2D eigenvalue weighted by Gasteiger charge is -2.40. The van der Waals surface area contributed by atoms with E-state index in [1.165, 1.54) is 0 Å². The smallest absolute Gasteiger partial charge is 0.306 e. The van der Waals surface area contributed by atoms with Crippen LogP contribution in [0.1, 0.15) is 60.8 Å². The van der Waals surface area contributed by atoms with Gasteiger partial charge in [0.2, 0.25) is 5.91 Å². The minimum Gasteiger partial charge on any atom is -0.462 e. The summed E-state index contributed by atoms with van der Waals surface area (Å²) in [5.41, 5.74) is 0. The summed E-state index contributed by atoms with van der Waals surface area (Å²) in [6.07, 6.45) is -7.39. The van der Waals surface area contributed by atoms with E-state index in [0.717, 1.165) is 0 Å². The molecule has 1 heterocycles. The van der Waals surface area contributed by atoms with E-state index in [0.29, 0.717) is 0 Å². The first-order chi connectivity index (χ1) is 16.3. The standard InChI is InChI=1S/C24H43NO10/c1-13(2)7-18(26)25-10-17-21(29)22(30)23(31)24(35-17)33-12-16(34-20(28)9-15(5)6)11-32-19(27)8-14(3)4/h13-17,21-24,29-31H,7-12H2,1-6H3,(H,25,26)/t16-,17-,21+,22+,23-,24+/m1/s1.